The number of amides is 2. The molecule has 0 bridgehead atoms. The SMILES string of the molecule is CN(CCC(CSc1ccccc1)Nc1ccc(S(=O)(=O)NC(=O)c2ccc(N3CCC([C@H](O)c4ccccc4-c4ccc(Cl)cc4)CC3)cc2)cc1S(=O)(=O)C(F)(F)F)C(=O)O. The number of aliphatic hydroxyl groups excluding tert-OH is 1. The second kappa shape index (κ2) is 20.1. The highest BCUT2D eigenvalue weighted by molar-refractivity contribution is 7.99. The molecule has 1 unspecified atom stereocenters. The molecule has 19 heteroatoms. The van der Waals surface area contributed by atoms with Gasteiger partial charge in [-0.3, -0.25) is 4.79 Å². The summed E-state index contributed by atoms with van der Waals surface area (Å²) in [6.07, 6.45) is -0.605. The van der Waals surface area contributed by atoms with E-state index in [0.717, 1.165) is 44.3 Å². The fourth-order valence-electron chi connectivity index (χ4n) is 7.15. The summed E-state index contributed by atoms with van der Waals surface area (Å²) >= 11 is 7.37. The van der Waals surface area contributed by atoms with E-state index >= 15 is 0 Å². The minimum Gasteiger partial charge on any atom is -0.465 e. The van der Waals surface area contributed by atoms with Crippen molar-refractivity contribution in [1.82, 2.24) is 9.62 Å². The summed E-state index contributed by atoms with van der Waals surface area (Å²) in [7, 11) is -9.78. The van der Waals surface area contributed by atoms with Crippen LogP contribution in [0.15, 0.2) is 136 Å². The lowest BCUT2D eigenvalue weighted by atomic mass is 9.84. The second-order valence-electron chi connectivity index (χ2n) is 14.9. The average molecular weight is 946 g/mol. The molecule has 0 aromatic heterocycles. The van der Waals surface area contributed by atoms with Gasteiger partial charge in [-0.25, -0.2) is 26.4 Å². The molecular weight excluding hydrogens is 901 g/mol. The number of sulfone groups is 1. The van der Waals surface area contributed by atoms with Crippen LogP contribution in [0.3, 0.4) is 0 Å². The standard InChI is InChI=1S/C44H44ClF3N4O8S3/c1-51(43(55)56)24-23-33(28-61-35-7-3-2-4-8-35)49-39-20-19-36(27-40(39)62(57,58)44(46,47)48)63(59,60)50-42(54)31-13-17-34(18-14-31)52-25-21-30(22-26-52)41(53)38-10-6-5-9-37(38)29-11-15-32(45)16-12-29/h2-20,27,30,33,41,49,53H,21-26,28H2,1H3,(H,50,54)(H,55,56)/t33?,41-/m0/s1. The maximum Gasteiger partial charge on any atom is 0.501 e. The Labute approximate surface area is 373 Å². The zero-order valence-corrected chi connectivity index (χ0v) is 36.9. The minimum absolute atomic E-state index is 0.0349. The molecule has 1 fully saturated rings. The Hall–Kier alpha value is -5.27. The molecule has 63 heavy (non-hydrogen) atoms. The van der Waals surface area contributed by atoms with Crippen LogP contribution in [0.4, 0.5) is 29.3 Å². The summed E-state index contributed by atoms with van der Waals surface area (Å²) in [5, 5.41) is 24.2. The van der Waals surface area contributed by atoms with E-state index in [0.29, 0.717) is 37.0 Å². The molecule has 1 heterocycles. The van der Waals surface area contributed by atoms with E-state index < -0.39 is 65.0 Å². The molecule has 4 N–H and O–H groups in total. The molecule has 5 aromatic carbocycles. The van der Waals surface area contributed by atoms with Gasteiger partial charge in [0.15, 0.2) is 0 Å². The van der Waals surface area contributed by atoms with Gasteiger partial charge in [-0.2, -0.15) is 13.2 Å². The van der Waals surface area contributed by atoms with Gasteiger partial charge >= 0.3 is 11.6 Å². The smallest absolute Gasteiger partial charge is 0.465 e. The number of rotatable bonds is 16. The third kappa shape index (κ3) is 11.7. The highest BCUT2D eigenvalue weighted by atomic mass is 35.5. The Kier molecular flexibility index (Phi) is 15.0. The maximum absolute atomic E-state index is 14.1. The number of anilines is 2. The minimum atomic E-state index is -6.15. The molecule has 1 saturated heterocycles. The van der Waals surface area contributed by atoms with Crippen LogP contribution in [0.25, 0.3) is 11.1 Å². The second-order valence-corrected chi connectivity index (χ2v) is 20.0. The molecule has 0 spiro atoms. The van der Waals surface area contributed by atoms with E-state index in [4.69, 9.17) is 11.6 Å². The number of alkyl halides is 3. The molecule has 0 radical (unpaired) electrons. The lowest BCUT2D eigenvalue weighted by Gasteiger charge is -2.36. The van der Waals surface area contributed by atoms with Crippen molar-refractivity contribution < 1.29 is 49.8 Å². The molecule has 2 atom stereocenters. The van der Waals surface area contributed by atoms with Crippen molar-refractivity contribution in [3.05, 3.63) is 137 Å². The summed E-state index contributed by atoms with van der Waals surface area (Å²) in [5.41, 5.74) is -3.07. The predicted molar refractivity (Wildman–Crippen MR) is 237 cm³/mol. The number of hydrogen-bond donors (Lipinski definition) is 4. The highest BCUT2D eigenvalue weighted by Crippen LogP contribution is 2.39. The van der Waals surface area contributed by atoms with Gasteiger partial charge in [-0.1, -0.05) is 66.2 Å². The van der Waals surface area contributed by atoms with Crippen molar-refractivity contribution in [2.75, 3.05) is 42.7 Å². The number of carbonyl (C=O) groups is 2. The van der Waals surface area contributed by atoms with Crippen molar-refractivity contribution in [2.24, 2.45) is 5.92 Å². The number of sulfonamides is 1. The van der Waals surface area contributed by atoms with Crippen molar-refractivity contribution in [3.63, 3.8) is 0 Å². The molecule has 1 aliphatic rings. The van der Waals surface area contributed by atoms with Crippen LogP contribution in [-0.2, 0) is 19.9 Å². The van der Waals surface area contributed by atoms with Crippen molar-refractivity contribution in [2.45, 2.75) is 51.6 Å². The molecule has 0 saturated carbocycles. The summed E-state index contributed by atoms with van der Waals surface area (Å²) in [6, 6.07) is 31.3. The van der Waals surface area contributed by atoms with E-state index in [2.05, 4.69) is 10.2 Å². The molecule has 12 nitrogen and oxygen atoms in total. The summed E-state index contributed by atoms with van der Waals surface area (Å²) in [6.45, 7) is 1.11. The zero-order chi connectivity index (χ0) is 45.5. The fourth-order valence-corrected chi connectivity index (χ4v) is 10.3. The number of thioether (sulfide) groups is 1. The number of nitrogens with zero attached hydrogens (tertiary/aromatic N) is 2. The van der Waals surface area contributed by atoms with Crippen LogP contribution in [-0.4, -0.2) is 87.9 Å². The number of halogens is 4. The number of aliphatic hydroxyl groups is 1. The summed E-state index contributed by atoms with van der Waals surface area (Å²) < 4.78 is 96.7. The van der Waals surface area contributed by atoms with Gasteiger partial charge in [0.25, 0.3) is 25.8 Å². The number of hydrogen-bond acceptors (Lipinski definition) is 10. The first-order valence-electron chi connectivity index (χ1n) is 19.6. The van der Waals surface area contributed by atoms with Gasteiger partial charge in [0.2, 0.25) is 0 Å². The highest BCUT2D eigenvalue weighted by Gasteiger charge is 2.48. The quantitative estimate of drug-likeness (QED) is 0.0696. The molecule has 1 aliphatic heterocycles. The van der Waals surface area contributed by atoms with Gasteiger partial charge in [-0.15, -0.1) is 11.8 Å². The van der Waals surface area contributed by atoms with E-state index in [1.165, 1.54) is 30.9 Å². The number of carbonyl (C=O) groups excluding carboxylic acids is 1. The Morgan fingerprint density at radius 1 is 0.889 bits per heavy atom. The summed E-state index contributed by atoms with van der Waals surface area (Å²) in [5.74, 6) is -0.974. The van der Waals surface area contributed by atoms with Crippen LogP contribution in [0.5, 0.6) is 0 Å². The Morgan fingerprint density at radius 3 is 2.16 bits per heavy atom. The van der Waals surface area contributed by atoms with Crippen LogP contribution in [0.1, 0.15) is 41.3 Å². The zero-order valence-electron chi connectivity index (χ0n) is 33.7. The first-order chi connectivity index (χ1) is 29.8. The first-order valence-corrected chi connectivity index (χ1v) is 24.0. The number of nitrogens with one attached hydrogen (secondary N) is 2. The normalized spacial score (nSPS) is 14.7. The molecular formula is C44H44ClF3N4O8S3. The third-order valence-corrected chi connectivity index (χ3v) is 15.0. The van der Waals surface area contributed by atoms with Crippen LogP contribution < -0.4 is 14.9 Å². The number of benzene rings is 5. The van der Waals surface area contributed by atoms with Crippen molar-refractivity contribution in [1.29, 1.82) is 0 Å². The van der Waals surface area contributed by atoms with Crippen LogP contribution in [0.2, 0.25) is 5.02 Å². The Balaban J connectivity index is 1.14. The third-order valence-electron chi connectivity index (χ3n) is 10.7. The number of carboxylic acid groups (broad SMARTS) is 1. The van der Waals surface area contributed by atoms with E-state index in [1.54, 1.807) is 54.6 Å². The fraction of sp³-hybridized carbons (Fsp3) is 0.273. The maximum atomic E-state index is 14.1. The summed E-state index contributed by atoms with van der Waals surface area (Å²) in [4.78, 5) is 26.2. The largest absolute Gasteiger partial charge is 0.501 e. The molecule has 6 rings (SSSR count). The monoisotopic (exact) mass is 944 g/mol. The Morgan fingerprint density at radius 2 is 1.52 bits per heavy atom. The van der Waals surface area contributed by atoms with Crippen molar-refractivity contribution >= 4 is 66.6 Å². The van der Waals surface area contributed by atoms with Crippen LogP contribution >= 0.6 is 23.4 Å². The lowest BCUT2D eigenvalue weighted by Crippen LogP contribution is -2.36. The van der Waals surface area contributed by atoms with Gasteiger partial charge in [0.05, 0.1) is 16.7 Å². The number of piperidine rings is 1. The average Bonchev–Trinajstić information content (AvgIpc) is 3.27. The lowest BCUT2D eigenvalue weighted by molar-refractivity contribution is -0.0436. The topological polar surface area (TPSA) is 173 Å². The molecule has 0 aliphatic carbocycles. The van der Waals surface area contributed by atoms with Gasteiger partial charge < -0.3 is 25.3 Å². The van der Waals surface area contributed by atoms with Gasteiger partial charge in [0.1, 0.15) is 4.90 Å². The van der Waals surface area contributed by atoms with E-state index in [9.17, 15) is 49.8 Å². The molecule has 334 valence electrons. The predicted octanol–water partition coefficient (Wildman–Crippen LogP) is 8.94. The molecule has 5 aromatic rings. The molecule has 2 amide bonds. The van der Waals surface area contributed by atoms with E-state index in [1.807, 2.05) is 41.1 Å². The van der Waals surface area contributed by atoms with Gasteiger partial charge in [-0.05, 0) is 109 Å². The van der Waals surface area contributed by atoms with Crippen molar-refractivity contribution in [3.8, 4) is 11.1 Å². The van der Waals surface area contributed by atoms with E-state index in [-0.39, 0.29) is 30.2 Å². The van der Waals surface area contributed by atoms with Crippen LogP contribution in [0, 0.1) is 5.92 Å². The Bertz CT molecular complexity index is 2620. The van der Waals surface area contributed by atoms with Gasteiger partial charge in [0, 0.05) is 59.6 Å². The first kappa shape index (κ1) is 47.2.